The van der Waals surface area contributed by atoms with Crippen LogP contribution in [0.15, 0.2) is 36.4 Å². The zero-order chi connectivity index (χ0) is 12.7. The van der Waals surface area contributed by atoms with Crippen molar-refractivity contribution in [2.24, 2.45) is 0 Å². The Kier molecular flexibility index (Phi) is 2.40. The number of ether oxygens (including phenoxy) is 1. The Balaban J connectivity index is 2.21. The van der Waals surface area contributed by atoms with Gasteiger partial charge in [0.2, 0.25) is 0 Å². The fourth-order valence-corrected chi connectivity index (χ4v) is 2.33. The highest BCUT2D eigenvalue weighted by atomic mass is 16.5. The van der Waals surface area contributed by atoms with E-state index in [0.29, 0.717) is 11.3 Å². The van der Waals surface area contributed by atoms with Crippen molar-refractivity contribution in [1.82, 2.24) is 0 Å². The van der Waals surface area contributed by atoms with Gasteiger partial charge in [-0.3, -0.25) is 9.59 Å². The highest BCUT2D eigenvalue weighted by molar-refractivity contribution is 6.12. The Morgan fingerprint density at radius 1 is 1.22 bits per heavy atom. The summed E-state index contributed by atoms with van der Waals surface area (Å²) in [5.41, 5.74) is 0.602. The van der Waals surface area contributed by atoms with Crippen molar-refractivity contribution in [2.75, 3.05) is 0 Å². The van der Waals surface area contributed by atoms with Crippen molar-refractivity contribution < 1.29 is 14.3 Å². The molecule has 0 bridgehead atoms. The molecule has 18 heavy (non-hydrogen) atoms. The Morgan fingerprint density at radius 2 is 2.00 bits per heavy atom. The molecule has 1 atom stereocenters. The molecule has 0 spiro atoms. The maximum absolute atomic E-state index is 12.2. The van der Waals surface area contributed by atoms with E-state index < -0.39 is 6.10 Å². The molecule has 90 valence electrons. The molecule has 0 aromatic heterocycles. The van der Waals surface area contributed by atoms with Gasteiger partial charge < -0.3 is 4.74 Å². The number of hydrogen-bond donors (Lipinski definition) is 0. The number of rotatable bonds is 1. The maximum atomic E-state index is 12.2. The lowest BCUT2D eigenvalue weighted by Crippen LogP contribution is -2.32. The lowest BCUT2D eigenvalue weighted by Gasteiger charge is -2.24. The second kappa shape index (κ2) is 3.95. The number of ketones is 2. The first-order valence-corrected chi connectivity index (χ1v) is 5.89. The predicted molar refractivity (Wildman–Crippen MR) is 68.0 cm³/mol. The minimum absolute atomic E-state index is 0.0201. The summed E-state index contributed by atoms with van der Waals surface area (Å²) in [5.74, 6) is 0.389. The zero-order valence-corrected chi connectivity index (χ0v) is 9.97. The maximum Gasteiger partial charge on any atom is 0.171 e. The average molecular weight is 240 g/mol. The Bertz CT molecular complexity index is 658. The molecule has 0 fully saturated rings. The van der Waals surface area contributed by atoms with Gasteiger partial charge in [0.1, 0.15) is 5.75 Å². The second-order valence-electron chi connectivity index (χ2n) is 4.50. The van der Waals surface area contributed by atoms with Crippen molar-refractivity contribution in [3.05, 3.63) is 42.0 Å². The third-order valence-electron chi connectivity index (χ3n) is 3.26. The van der Waals surface area contributed by atoms with Gasteiger partial charge in [0.25, 0.3) is 0 Å². The standard InChI is InChI=1S/C15H12O3/c1-9(16)14-8-12(17)15-11-5-3-2-4-10(11)6-7-13(15)18-14/h2-7,14H,8H2,1H3. The molecular formula is C15H12O3. The van der Waals surface area contributed by atoms with Gasteiger partial charge >= 0.3 is 0 Å². The summed E-state index contributed by atoms with van der Waals surface area (Å²) in [6.45, 7) is 1.45. The first-order chi connectivity index (χ1) is 8.66. The van der Waals surface area contributed by atoms with E-state index in [2.05, 4.69) is 0 Å². The molecule has 3 rings (SSSR count). The molecule has 1 unspecified atom stereocenters. The number of fused-ring (bicyclic) bond motifs is 3. The van der Waals surface area contributed by atoms with E-state index in [1.807, 2.05) is 30.3 Å². The quantitative estimate of drug-likeness (QED) is 0.769. The van der Waals surface area contributed by atoms with Crippen LogP contribution in [0, 0.1) is 0 Å². The van der Waals surface area contributed by atoms with Gasteiger partial charge in [-0.15, -0.1) is 0 Å². The summed E-state index contributed by atoms with van der Waals surface area (Å²) in [7, 11) is 0. The molecule has 0 saturated carbocycles. The van der Waals surface area contributed by atoms with Gasteiger partial charge in [-0.2, -0.15) is 0 Å². The largest absolute Gasteiger partial charge is 0.481 e. The van der Waals surface area contributed by atoms with Gasteiger partial charge in [0, 0.05) is 0 Å². The zero-order valence-electron chi connectivity index (χ0n) is 9.97. The lowest BCUT2D eigenvalue weighted by molar-refractivity contribution is -0.123. The Labute approximate surface area is 104 Å². The second-order valence-corrected chi connectivity index (χ2v) is 4.50. The van der Waals surface area contributed by atoms with Crippen LogP contribution in [0.2, 0.25) is 0 Å². The molecule has 1 aliphatic heterocycles. The van der Waals surface area contributed by atoms with E-state index >= 15 is 0 Å². The van der Waals surface area contributed by atoms with Crippen LogP contribution in [0.3, 0.4) is 0 Å². The van der Waals surface area contributed by atoms with E-state index in [-0.39, 0.29) is 18.0 Å². The number of hydrogen-bond acceptors (Lipinski definition) is 3. The Hall–Kier alpha value is -2.16. The number of carbonyl (C=O) groups is 2. The highest BCUT2D eigenvalue weighted by Gasteiger charge is 2.30. The summed E-state index contributed by atoms with van der Waals surface area (Å²) < 4.78 is 5.60. The molecule has 3 nitrogen and oxygen atoms in total. The van der Waals surface area contributed by atoms with Crippen LogP contribution >= 0.6 is 0 Å². The summed E-state index contributed by atoms with van der Waals surface area (Å²) in [5, 5.41) is 1.90. The average Bonchev–Trinajstić information content (AvgIpc) is 2.37. The molecule has 1 aliphatic rings. The molecule has 0 N–H and O–H groups in total. The summed E-state index contributed by atoms with van der Waals surface area (Å²) in [6.07, 6.45) is -0.498. The number of benzene rings is 2. The van der Waals surface area contributed by atoms with Crippen molar-refractivity contribution >= 4 is 22.3 Å². The van der Waals surface area contributed by atoms with Crippen molar-refractivity contribution in [1.29, 1.82) is 0 Å². The van der Waals surface area contributed by atoms with Crippen LogP contribution in [0.5, 0.6) is 5.75 Å². The van der Waals surface area contributed by atoms with Crippen LogP contribution in [-0.2, 0) is 4.79 Å². The number of carbonyl (C=O) groups excluding carboxylic acids is 2. The normalized spacial score (nSPS) is 18.3. The lowest BCUT2D eigenvalue weighted by atomic mass is 9.94. The van der Waals surface area contributed by atoms with Gasteiger partial charge in [0.15, 0.2) is 17.7 Å². The third-order valence-corrected chi connectivity index (χ3v) is 3.26. The van der Waals surface area contributed by atoms with E-state index in [1.165, 1.54) is 6.92 Å². The van der Waals surface area contributed by atoms with Crippen molar-refractivity contribution in [3.63, 3.8) is 0 Å². The van der Waals surface area contributed by atoms with Crippen LogP contribution < -0.4 is 4.74 Å². The summed E-state index contributed by atoms with van der Waals surface area (Å²) in [4.78, 5) is 23.5. The van der Waals surface area contributed by atoms with E-state index in [9.17, 15) is 9.59 Å². The van der Waals surface area contributed by atoms with Crippen molar-refractivity contribution in [3.8, 4) is 5.75 Å². The van der Waals surface area contributed by atoms with Crippen LogP contribution in [0.1, 0.15) is 23.7 Å². The SMILES string of the molecule is CC(=O)C1CC(=O)c2c(ccc3ccccc23)O1. The fourth-order valence-electron chi connectivity index (χ4n) is 2.33. The highest BCUT2D eigenvalue weighted by Crippen LogP contribution is 2.33. The van der Waals surface area contributed by atoms with Crippen LogP contribution in [-0.4, -0.2) is 17.7 Å². The molecular weight excluding hydrogens is 228 g/mol. The number of Topliss-reactive ketones (excluding diaryl/α,β-unsaturated/α-hetero) is 2. The first kappa shape index (κ1) is 11.0. The minimum Gasteiger partial charge on any atom is -0.481 e. The fraction of sp³-hybridized carbons (Fsp3) is 0.200. The molecule has 0 radical (unpaired) electrons. The predicted octanol–water partition coefficient (Wildman–Crippen LogP) is 2.76. The third kappa shape index (κ3) is 1.59. The topological polar surface area (TPSA) is 43.4 Å². The molecule has 0 saturated heterocycles. The van der Waals surface area contributed by atoms with E-state index in [4.69, 9.17) is 4.74 Å². The smallest absolute Gasteiger partial charge is 0.171 e. The summed E-state index contributed by atoms with van der Waals surface area (Å²) in [6, 6.07) is 11.4. The Morgan fingerprint density at radius 3 is 2.78 bits per heavy atom. The van der Waals surface area contributed by atoms with Gasteiger partial charge in [-0.1, -0.05) is 30.3 Å². The summed E-state index contributed by atoms with van der Waals surface area (Å²) >= 11 is 0. The van der Waals surface area contributed by atoms with Crippen LogP contribution in [0.4, 0.5) is 0 Å². The molecule has 3 heteroatoms. The molecule has 0 aliphatic carbocycles. The molecule has 1 heterocycles. The van der Waals surface area contributed by atoms with Crippen LogP contribution in [0.25, 0.3) is 10.8 Å². The minimum atomic E-state index is -0.633. The monoisotopic (exact) mass is 240 g/mol. The molecule has 2 aromatic rings. The molecule has 0 amide bonds. The van der Waals surface area contributed by atoms with Crippen molar-refractivity contribution in [2.45, 2.75) is 19.4 Å². The van der Waals surface area contributed by atoms with E-state index in [1.54, 1.807) is 6.07 Å². The van der Waals surface area contributed by atoms with Gasteiger partial charge in [0.05, 0.1) is 12.0 Å². The van der Waals surface area contributed by atoms with E-state index in [0.717, 1.165) is 10.8 Å². The first-order valence-electron chi connectivity index (χ1n) is 5.89. The van der Waals surface area contributed by atoms with Gasteiger partial charge in [-0.25, -0.2) is 0 Å². The van der Waals surface area contributed by atoms with Gasteiger partial charge in [-0.05, 0) is 23.8 Å². The molecule has 2 aromatic carbocycles.